The van der Waals surface area contributed by atoms with Gasteiger partial charge in [-0.2, -0.15) is 0 Å². The molecule has 4 rings (SSSR count). The molecule has 0 saturated carbocycles. The highest BCUT2D eigenvalue weighted by Crippen LogP contribution is 2.67. The molecule has 3 heterocycles. The maximum atomic E-state index is 14.7. The van der Waals surface area contributed by atoms with E-state index in [4.69, 9.17) is 0 Å². The summed E-state index contributed by atoms with van der Waals surface area (Å²) in [4.78, 5) is 50.2. The maximum absolute atomic E-state index is 14.7. The Bertz CT molecular complexity index is 1140. The fourth-order valence-electron chi connectivity index (χ4n) is 7.17. The van der Waals surface area contributed by atoms with Crippen LogP contribution in [0.4, 0.5) is 11.4 Å². The van der Waals surface area contributed by atoms with Crippen LogP contribution < -0.4 is 9.80 Å². The van der Waals surface area contributed by atoms with Gasteiger partial charge in [0.25, 0.3) is 5.91 Å². The minimum Gasteiger partial charge on any atom is -0.394 e. The third kappa shape index (κ3) is 5.31. The number of aliphatic hydroxyl groups excluding tert-OH is 1. The lowest BCUT2D eigenvalue weighted by Crippen LogP contribution is -2.57. The van der Waals surface area contributed by atoms with Gasteiger partial charge >= 0.3 is 0 Å². The molecule has 0 aliphatic carbocycles. The van der Waals surface area contributed by atoms with Crippen molar-refractivity contribution in [2.24, 2.45) is 11.8 Å². The zero-order valence-electron chi connectivity index (χ0n) is 25.0. The van der Waals surface area contributed by atoms with Crippen LogP contribution in [0.5, 0.6) is 0 Å². The summed E-state index contributed by atoms with van der Waals surface area (Å²) >= 11 is 1.66. The molecular formula is C32H46N4O4S. The number of carbonyl (C=O) groups is 3. The Morgan fingerprint density at radius 3 is 2.29 bits per heavy atom. The van der Waals surface area contributed by atoms with Gasteiger partial charge in [0, 0.05) is 49.3 Å². The van der Waals surface area contributed by atoms with Crippen molar-refractivity contribution < 1.29 is 19.5 Å². The molecule has 3 amide bonds. The quantitative estimate of drug-likeness (QED) is 0.335. The second-order valence-corrected chi connectivity index (χ2v) is 12.9. The predicted octanol–water partition coefficient (Wildman–Crippen LogP) is 3.95. The first-order valence-corrected chi connectivity index (χ1v) is 15.9. The molecule has 0 radical (unpaired) electrons. The van der Waals surface area contributed by atoms with Gasteiger partial charge in [0.15, 0.2) is 0 Å². The normalized spacial score (nSPS) is 27.0. The lowest BCUT2D eigenvalue weighted by molar-refractivity contribution is -0.145. The average molecular weight is 583 g/mol. The molecule has 9 heteroatoms. The van der Waals surface area contributed by atoms with Crippen LogP contribution in [-0.2, 0) is 14.4 Å². The summed E-state index contributed by atoms with van der Waals surface area (Å²) in [6.07, 6.45) is 5.71. The highest BCUT2D eigenvalue weighted by Gasteiger charge is 2.74. The molecular weight excluding hydrogens is 536 g/mol. The Balaban J connectivity index is 1.74. The van der Waals surface area contributed by atoms with Gasteiger partial charge in [-0.25, -0.2) is 0 Å². The number of hydrogen-bond donors (Lipinski definition) is 1. The first-order valence-electron chi connectivity index (χ1n) is 15.0. The number of anilines is 2. The van der Waals surface area contributed by atoms with Crippen molar-refractivity contribution in [1.82, 2.24) is 9.80 Å². The smallest absolute Gasteiger partial charge is 0.251 e. The predicted molar refractivity (Wildman–Crippen MR) is 167 cm³/mol. The van der Waals surface area contributed by atoms with E-state index in [9.17, 15) is 19.5 Å². The molecule has 8 nitrogen and oxygen atoms in total. The summed E-state index contributed by atoms with van der Waals surface area (Å²) < 4.78 is -0.713. The van der Waals surface area contributed by atoms with Gasteiger partial charge in [-0.3, -0.25) is 14.4 Å². The Hall–Kier alpha value is -2.78. The number of thioether (sulfide) groups is 1. The van der Waals surface area contributed by atoms with Gasteiger partial charge in [0.05, 0.1) is 29.2 Å². The number of nitrogens with zero attached hydrogens (tertiary/aromatic N) is 4. The Morgan fingerprint density at radius 1 is 1.10 bits per heavy atom. The molecule has 1 aromatic rings. The summed E-state index contributed by atoms with van der Waals surface area (Å²) in [5.41, 5.74) is 1.82. The van der Waals surface area contributed by atoms with Crippen LogP contribution in [0.3, 0.4) is 0 Å². The number of fused-ring (bicyclic) bond motifs is 1. The van der Waals surface area contributed by atoms with Gasteiger partial charge < -0.3 is 24.7 Å². The Kier molecular flexibility index (Phi) is 9.90. The van der Waals surface area contributed by atoms with Crippen LogP contribution in [-0.4, -0.2) is 94.0 Å². The monoisotopic (exact) mass is 582 g/mol. The zero-order chi connectivity index (χ0) is 29.9. The molecule has 2 bridgehead atoms. The summed E-state index contributed by atoms with van der Waals surface area (Å²) in [5.74, 6) is -1.48. The third-order valence-corrected chi connectivity index (χ3v) is 11.0. The second-order valence-electron chi connectivity index (χ2n) is 11.3. The van der Waals surface area contributed by atoms with Crippen molar-refractivity contribution in [3.8, 4) is 0 Å². The van der Waals surface area contributed by atoms with E-state index in [-0.39, 0.29) is 36.1 Å². The van der Waals surface area contributed by atoms with E-state index in [0.717, 1.165) is 37.3 Å². The van der Waals surface area contributed by atoms with E-state index < -0.39 is 28.7 Å². The molecule has 3 fully saturated rings. The third-order valence-electron chi connectivity index (χ3n) is 9.02. The molecule has 2 unspecified atom stereocenters. The van der Waals surface area contributed by atoms with Gasteiger partial charge in [-0.05, 0) is 64.3 Å². The van der Waals surface area contributed by atoms with Crippen molar-refractivity contribution in [3.05, 3.63) is 49.6 Å². The van der Waals surface area contributed by atoms with Gasteiger partial charge in [-0.15, -0.1) is 24.9 Å². The van der Waals surface area contributed by atoms with Gasteiger partial charge in [0.1, 0.15) is 6.04 Å². The summed E-state index contributed by atoms with van der Waals surface area (Å²) in [6.45, 7) is 18.6. The molecule has 0 aromatic heterocycles. The summed E-state index contributed by atoms with van der Waals surface area (Å²) in [7, 11) is 0. The van der Waals surface area contributed by atoms with Crippen molar-refractivity contribution >= 4 is 40.9 Å². The summed E-state index contributed by atoms with van der Waals surface area (Å²) in [5, 5.41) is 10.2. The van der Waals surface area contributed by atoms with Crippen LogP contribution in [0, 0.1) is 11.8 Å². The number of likely N-dealkylation sites (tertiary alicyclic amines) is 1. The fourth-order valence-corrected chi connectivity index (χ4v) is 9.37. The lowest BCUT2D eigenvalue weighted by atomic mass is 9.70. The zero-order valence-corrected chi connectivity index (χ0v) is 25.8. The molecule has 41 heavy (non-hydrogen) atoms. The Labute approximate surface area is 249 Å². The largest absolute Gasteiger partial charge is 0.394 e. The van der Waals surface area contributed by atoms with E-state index in [1.54, 1.807) is 45.5 Å². The molecule has 6 atom stereocenters. The topological polar surface area (TPSA) is 84.4 Å². The molecule has 1 N–H and O–H groups in total. The second kappa shape index (κ2) is 13.0. The number of amides is 3. The van der Waals surface area contributed by atoms with Crippen LogP contribution in [0.25, 0.3) is 0 Å². The minimum absolute atomic E-state index is 0.0105. The number of aliphatic hydroxyl groups is 1. The maximum Gasteiger partial charge on any atom is 0.251 e. The van der Waals surface area contributed by atoms with Gasteiger partial charge in [-0.1, -0.05) is 19.1 Å². The molecule has 1 aromatic carbocycles. The van der Waals surface area contributed by atoms with Crippen molar-refractivity contribution in [1.29, 1.82) is 0 Å². The molecule has 224 valence electrons. The van der Waals surface area contributed by atoms with E-state index in [1.807, 2.05) is 31.2 Å². The molecule has 3 aliphatic rings. The fraction of sp³-hybridized carbons (Fsp3) is 0.594. The van der Waals surface area contributed by atoms with Crippen LogP contribution in [0.2, 0.25) is 0 Å². The van der Waals surface area contributed by atoms with E-state index in [2.05, 4.69) is 31.9 Å². The van der Waals surface area contributed by atoms with E-state index in [0.29, 0.717) is 19.5 Å². The number of hydrogen-bond acceptors (Lipinski definition) is 6. The average Bonchev–Trinajstić information content (AvgIpc) is 3.63. The number of benzene rings is 1. The number of rotatable bonds is 14. The first kappa shape index (κ1) is 31.2. The van der Waals surface area contributed by atoms with Crippen LogP contribution >= 0.6 is 11.8 Å². The first-order chi connectivity index (χ1) is 19.7. The summed E-state index contributed by atoms with van der Waals surface area (Å²) in [6, 6.07) is 6.61. The van der Waals surface area contributed by atoms with Crippen LogP contribution in [0.1, 0.15) is 47.0 Å². The molecule has 1 spiro atoms. The standard InChI is InChI=1S/C32H46N4O4S/c1-7-18-34(19-8-2)29(38)26-25-16-17-32(41-25)27(26)30(39)36(22(6)21-37)28(32)31(40)35(20-9-3)24-14-12-23(13-15-24)33(10-4)11-5/h7,9,12-15,22,25-28,37H,1,3,8,10-11,16-21H2,2,4-6H3/t22-,25-,26+,27+,28?,32?/m1/s1. The highest BCUT2D eigenvalue weighted by atomic mass is 32.2. The SMILES string of the molecule is C=CCN(CCC)C(=O)[C@@H]1[C@H]2C(=O)N([C@H](C)CO)C(C(=O)N(CC=C)c3ccc(N(CC)CC)cc3)C23CC[C@H]1S3. The molecule has 3 saturated heterocycles. The highest BCUT2D eigenvalue weighted by molar-refractivity contribution is 8.02. The van der Waals surface area contributed by atoms with E-state index in [1.165, 1.54) is 0 Å². The van der Waals surface area contributed by atoms with Crippen LogP contribution in [0.15, 0.2) is 49.6 Å². The van der Waals surface area contributed by atoms with Gasteiger partial charge in [0.2, 0.25) is 11.8 Å². The lowest BCUT2D eigenvalue weighted by Gasteiger charge is -2.39. The number of carbonyl (C=O) groups excluding carboxylic acids is 3. The van der Waals surface area contributed by atoms with Crippen molar-refractivity contribution in [2.45, 2.75) is 69.0 Å². The van der Waals surface area contributed by atoms with E-state index >= 15 is 0 Å². The minimum atomic E-state index is -0.781. The Morgan fingerprint density at radius 2 is 1.73 bits per heavy atom. The van der Waals surface area contributed by atoms with Crippen molar-refractivity contribution in [3.63, 3.8) is 0 Å². The molecule has 3 aliphatic heterocycles. The van der Waals surface area contributed by atoms with Crippen molar-refractivity contribution in [2.75, 3.05) is 49.1 Å².